The van der Waals surface area contributed by atoms with Gasteiger partial charge in [0.2, 0.25) is 0 Å². The molecular weight excluding hydrogens is 348 g/mol. The first kappa shape index (κ1) is 16.3. The second-order valence-electron chi connectivity index (χ2n) is 4.92. The smallest absolute Gasteiger partial charge is 0.304 e. The highest BCUT2D eigenvalue weighted by atomic mass is 32.2. The van der Waals surface area contributed by atoms with E-state index in [1.54, 1.807) is 41.8 Å². The third-order valence-electron chi connectivity index (χ3n) is 3.32. The van der Waals surface area contributed by atoms with Crippen molar-refractivity contribution < 1.29 is 13.2 Å². The maximum absolute atomic E-state index is 12.4. The minimum atomic E-state index is -3.71. The van der Waals surface area contributed by atoms with E-state index in [1.807, 2.05) is 0 Å². The highest BCUT2D eigenvalue weighted by molar-refractivity contribution is 7.92. The molecule has 24 heavy (non-hydrogen) atoms. The van der Waals surface area contributed by atoms with Crippen LogP contribution in [0.3, 0.4) is 0 Å². The quantitative estimate of drug-likeness (QED) is 0.730. The number of aromatic nitrogens is 1. The van der Waals surface area contributed by atoms with Crippen molar-refractivity contribution in [1.82, 2.24) is 4.98 Å². The molecule has 1 aromatic heterocycles. The SMILES string of the molecule is COc1ccc(S(=O)(=O)Nc2cccc(-c3csc(=O)[nH]3)c2)cc1. The van der Waals surface area contributed by atoms with Crippen LogP contribution in [0.1, 0.15) is 0 Å². The number of H-pyrrole nitrogens is 1. The van der Waals surface area contributed by atoms with Crippen molar-refractivity contribution in [2.75, 3.05) is 11.8 Å². The highest BCUT2D eigenvalue weighted by Gasteiger charge is 2.14. The van der Waals surface area contributed by atoms with Crippen LogP contribution in [0.4, 0.5) is 5.69 Å². The van der Waals surface area contributed by atoms with Gasteiger partial charge in [-0.1, -0.05) is 23.5 Å². The zero-order chi connectivity index (χ0) is 17.2. The molecule has 0 radical (unpaired) electrons. The Morgan fingerprint density at radius 1 is 1.12 bits per heavy atom. The third-order valence-corrected chi connectivity index (χ3v) is 5.38. The molecule has 0 aliphatic carbocycles. The highest BCUT2D eigenvalue weighted by Crippen LogP contribution is 2.24. The van der Waals surface area contributed by atoms with Gasteiger partial charge in [-0.2, -0.15) is 0 Å². The fourth-order valence-electron chi connectivity index (χ4n) is 2.14. The normalized spacial score (nSPS) is 11.2. The van der Waals surface area contributed by atoms with Crippen molar-refractivity contribution in [3.63, 3.8) is 0 Å². The van der Waals surface area contributed by atoms with Crippen molar-refractivity contribution in [2.24, 2.45) is 0 Å². The van der Waals surface area contributed by atoms with E-state index in [-0.39, 0.29) is 9.77 Å². The molecule has 0 bridgehead atoms. The number of sulfonamides is 1. The summed E-state index contributed by atoms with van der Waals surface area (Å²) in [5, 5.41) is 1.69. The number of thiazole rings is 1. The molecule has 0 aliphatic heterocycles. The van der Waals surface area contributed by atoms with Gasteiger partial charge in [0.1, 0.15) is 5.75 Å². The lowest BCUT2D eigenvalue weighted by molar-refractivity contribution is 0.414. The van der Waals surface area contributed by atoms with Crippen LogP contribution in [-0.2, 0) is 10.0 Å². The van der Waals surface area contributed by atoms with Gasteiger partial charge in [-0.15, -0.1) is 0 Å². The summed E-state index contributed by atoms with van der Waals surface area (Å²) in [7, 11) is -2.19. The van der Waals surface area contributed by atoms with Crippen molar-refractivity contribution >= 4 is 27.0 Å². The number of ether oxygens (including phenoxy) is 1. The number of rotatable bonds is 5. The Morgan fingerprint density at radius 3 is 2.50 bits per heavy atom. The predicted molar refractivity (Wildman–Crippen MR) is 94.2 cm³/mol. The van der Waals surface area contributed by atoms with Crippen LogP contribution in [0.5, 0.6) is 5.75 Å². The van der Waals surface area contributed by atoms with Crippen molar-refractivity contribution in [1.29, 1.82) is 0 Å². The van der Waals surface area contributed by atoms with Gasteiger partial charge in [-0.3, -0.25) is 9.52 Å². The Balaban J connectivity index is 1.88. The van der Waals surface area contributed by atoms with Gasteiger partial charge in [-0.05, 0) is 36.4 Å². The second kappa shape index (κ2) is 6.50. The molecule has 0 aliphatic rings. The molecule has 0 unspecified atom stereocenters. The number of nitrogens with one attached hydrogen (secondary N) is 2. The number of hydrogen-bond donors (Lipinski definition) is 2. The summed E-state index contributed by atoms with van der Waals surface area (Å²) in [6.07, 6.45) is 0. The topological polar surface area (TPSA) is 88.3 Å². The third kappa shape index (κ3) is 3.50. The fraction of sp³-hybridized carbons (Fsp3) is 0.0625. The van der Waals surface area contributed by atoms with Crippen molar-refractivity contribution in [3.05, 3.63) is 63.6 Å². The summed E-state index contributed by atoms with van der Waals surface area (Å²) < 4.78 is 32.4. The Kier molecular flexibility index (Phi) is 4.41. The van der Waals surface area contributed by atoms with E-state index in [4.69, 9.17) is 4.74 Å². The van der Waals surface area contributed by atoms with Gasteiger partial charge >= 0.3 is 4.87 Å². The average Bonchev–Trinajstić information content (AvgIpc) is 3.01. The average molecular weight is 362 g/mol. The number of hydrogen-bond acceptors (Lipinski definition) is 5. The van der Waals surface area contributed by atoms with Crippen LogP contribution in [0, 0.1) is 0 Å². The second-order valence-corrected chi connectivity index (χ2v) is 7.45. The molecule has 2 N–H and O–H groups in total. The maximum Gasteiger partial charge on any atom is 0.304 e. The van der Waals surface area contributed by atoms with E-state index in [1.165, 1.54) is 19.2 Å². The van der Waals surface area contributed by atoms with Crippen LogP contribution >= 0.6 is 11.3 Å². The molecule has 0 saturated carbocycles. The Morgan fingerprint density at radius 2 is 1.88 bits per heavy atom. The van der Waals surface area contributed by atoms with E-state index in [9.17, 15) is 13.2 Å². The number of aromatic amines is 1. The van der Waals surface area contributed by atoms with Crippen molar-refractivity contribution in [2.45, 2.75) is 4.90 Å². The van der Waals surface area contributed by atoms with E-state index < -0.39 is 10.0 Å². The maximum atomic E-state index is 12.4. The Hall–Kier alpha value is -2.58. The van der Waals surface area contributed by atoms with E-state index >= 15 is 0 Å². The van der Waals surface area contributed by atoms with Gasteiger partial charge in [-0.25, -0.2) is 8.42 Å². The standard InChI is InChI=1S/C16H14N2O4S2/c1-22-13-5-7-14(8-6-13)24(20,21)18-12-4-2-3-11(9-12)15-10-23-16(19)17-15/h2-10,18H,1H3,(H,17,19). The molecule has 0 amide bonds. The summed E-state index contributed by atoms with van der Waals surface area (Å²) in [4.78, 5) is 13.9. The largest absolute Gasteiger partial charge is 0.497 e. The molecule has 8 heteroatoms. The summed E-state index contributed by atoms with van der Waals surface area (Å²) in [5.74, 6) is 0.581. The summed E-state index contributed by atoms with van der Waals surface area (Å²) in [6.45, 7) is 0. The van der Waals surface area contributed by atoms with Crippen LogP contribution in [-0.4, -0.2) is 20.5 Å². The van der Waals surface area contributed by atoms with Gasteiger partial charge in [0.05, 0.1) is 17.7 Å². The Labute approximate surface area is 142 Å². The van der Waals surface area contributed by atoms with Gasteiger partial charge in [0.15, 0.2) is 0 Å². The number of benzene rings is 2. The molecule has 2 aromatic carbocycles. The van der Waals surface area contributed by atoms with E-state index in [0.717, 1.165) is 16.9 Å². The molecular formula is C16H14N2O4S2. The zero-order valence-corrected chi connectivity index (χ0v) is 14.3. The van der Waals surface area contributed by atoms with E-state index in [2.05, 4.69) is 9.71 Å². The number of anilines is 1. The van der Waals surface area contributed by atoms with Crippen LogP contribution in [0.2, 0.25) is 0 Å². The summed E-state index contributed by atoms with van der Waals surface area (Å²) in [6, 6.07) is 12.9. The first-order chi connectivity index (χ1) is 11.5. The van der Waals surface area contributed by atoms with Crippen LogP contribution in [0.15, 0.2) is 63.6 Å². The Bertz CT molecular complexity index is 1000. The summed E-state index contributed by atoms with van der Waals surface area (Å²) in [5.41, 5.74) is 1.79. The molecule has 0 saturated heterocycles. The lowest BCUT2D eigenvalue weighted by Crippen LogP contribution is -2.12. The van der Waals surface area contributed by atoms with Crippen molar-refractivity contribution in [3.8, 4) is 17.0 Å². The molecule has 124 valence electrons. The molecule has 3 aromatic rings. The lowest BCUT2D eigenvalue weighted by atomic mass is 10.1. The number of methoxy groups -OCH3 is 1. The van der Waals surface area contributed by atoms with Crippen LogP contribution in [0.25, 0.3) is 11.3 Å². The first-order valence-corrected chi connectivity index (χ1v) is 9.29. The molecule has 3 rings (SSSR count). The molecule has 0 spiro atoms. The van der Waals surface area contributed by atoms with Gasteiger partial charge < -0.3 is 9.72 Å². The first-order valence-electron chi connectivity index (χ1n) is 6.93. The minimum Gasteiger partial charge on any atom is -0.497 e. The van der Waals surface area contributed by atoms with Gasteiger partial charge in [0, 0.05) is 16.6 Å². The molecule has 1 heterocycles. The lowest BCUT2D eigenvalue weighted by Gasteiger charge is -2.09. The minimum absolute atomic E-state index is 0.137. The van der Waals surface area contributed by atoms with E-state index in [0.29, 0.717) is 17.1 Å². The zero-order valence-electron chi connectivity index (χ0n) is 12.6. The molecule has 0 fully saturated rings. The van der Waals surface area contributed by atoms with Gasteiger partial charge in [0.25, 0.3) is 10.0 Å². The van der Waals surface area contributed by atoms with Crippen LogP contribution < -0.4 is 14.3 Å². The molecule has 0 atom stereocenters. The molecule has 6 nitrogen and oxygen atoms in total. The predicted octanol–water partition coefficient (Wildman–Crippen LogP) is 2.91. The summed E-state index contributed by atoms with van der Waals surface area (Å²) >= 11 is 1.06. The monoisotopic (exact) mass is 362 g/mol. The fourth-order valence-corrected chi connectivity index (χ4v) is 3.78.